The molecule has 0 heterocycles. The maximum atomic E-state index is 12.2. The van der Waals surface area contributed by atoms with E-state index in [1.807, 2.05) is 25.1 Å². The first-order valence-corrected chi connectivity index (χ1v) is 8.84. The van der Waals surface area contributed by atoms with Crippen molar-refractivity contribution in [3.8, 4) is 0 Å². The van der Waals surface area contributed by atoms with Gasteiger partial charge in [-0.2, -0.15) is 0 Å². The number of ether oxygens (including phenoxy) is 2. The van der Waals surface area contributed by atoms with E-state index in [0.29, 0.717) is 17.0 Å². The number of hydrogen-bond donors (Lipinski definition) is 1. The topological polar surface area (TPSA) is 59.0 Å². The van der Waals surface area contributed by atoms with Crippen LogP contribution in [0.25, 0.3) is 0 Å². The molecule has 134 valence electrons. The summed E-state index contributed by atoms with van der Waals surface area (Å²) in [4.78, 5) is 13.7. The largest absolute Gasteiger partial charge is 0.465 e. The summed E-state index contributed by atoms with van der Waals surface area (Å²) >= 11 is 6.41. The van der Waals surface area contributed by atoms with E-state index in [-0.39, 0.29) is 12.8 Å². The monoisotopic (exact) mass is 355 g/mol. The molecule has 0 aromatic heterocycles. The van der Waals surface area contributed by atoms with Crippen molar-refractivity contribution in [3.05, 3.63) is 34.9 Å². The molecule has 0 spiro atoms. The van der Waals surface area contributed by atoms with E-state index in [9.17, 15) is 9.90 Å². The molecular weight excluding hydrogens is 330 g/mol. The van der Waals surface area contributed by atoms with Gasteiger partial charge in [0.05, 0.1) is 0 Å². The smallest absolute Gasteiger partial charge is 0.410 e. The number of nitrogens with zero attached hydrogens (tertiary/aromatic N) is 1. The summed E-state index contributed by atoms with van der Waals surface area (Å²) < 4.78 is 11.1. The number of benzene rings is 1. The number of carboxylic acid groups (broad SMARTS) is 1. The van der Waals surface area contributed by atoms with Crippen LogP contribution in [-0.4, -0.2) is 36.0 Å². The number of methoxy groups -OCH3 is 1. The Morgan fingerprint density at radius 1 is 1.33 bits per heavy atom. The lowest BCUT2D eigenvalue weighted by molar-refractivity contribution is -0.213. The zero-order valence-electron chi connectivity index (χ0n) is 14.3. The average molecular weight is 356 g/mol. The van der Waals surface area contributed by atoms with Gasteiger partial charge in [0.1, 0.15) is 6.79 Å². The Labute approximate surface area is 148 Å². The second-order valence-corrected chi connectivity index (χ2v) is 6.52. The van der Waals surface area contributed by atoms with Crippen molar-refractivity contribution in [1.82, 2.24) is 4.90 Å². The van der Waals surface area contributed by atoms with Crippen LogP contribution in [0, 0.1) is 0 Å². The van der Waals surface area contributed by atoms with Crippen molar-refractivity contribution in [3.63, 3.8) is 0 Å². The van der Waals surface area contributed by atoms with Crippen LogP contribution in [0.2, 0.25) is 5.02 Å². The normalized spacial score (nSPS) is 18.1. The zero-order chi connectivity index (χ0) is 17.6. The minimum atomic E-state index is -1.15. The van der Waals surface area contributed by atoms with Gasteiger partial charge in [-0.3, -0.25) is 4.90 Å². The Bertz CT molecular complexity index is 548. The van der Waals surface area contributed by atoms with Crippen LogP contribution >= 0.6 is 11.6 Å². The third-order valence-electron chi connectivity index (χ3n) is 4.72. The SMILES string of the molecule is CC[C@](OCOC)(c1ccccc1Cl)N(C(=O)O)C1CCCCC1. The zero-order valence-corrected chi connectivity index (χ0v) is 15.1. The summed E-state index contributed by atoms with van der Waals surface area (Å²) in [5, 5.41) is 10.5. The van der Waals surface area contributed by atoms with Crippen LogP contribution in [0.4, 0.5) is 4.79 Å². The van der Waals surface area contributed by atoms with Crippen molar-refractivity contribution >= 4 is 17.7 Å². The number of hydrogen-bond acceptors (Lipinski definition) is 3. The van der Waals surface area contributed by atoms with E-state index in [1.54, 1.807) is 6.07 Å². The second-order valence-electron chi connectivity index (χ2n) is 6.11. The molecule has 1 aromatic carbocycles. The molecule has 1 amide bonds. The van der Waals surface area contributed by atoms with Crippen molar-refractivity contribution in [2.24, 2.45) is 0 Å². The third kappa shape index (κ3) is 3.85. The summed E-state index contributed by atoms with van der Waals surface area (Å²) in [5.41, 5.74) is -0.485. The molecule has 0 aliphatic heterocycles. The molecule has 1 aliphatic rings. The number of carbonyl (C=O) groups is 1. The molecule has 2 rings (SSSR count). The fourth-order valence-corrected chi connectivity index (χ4v) is 3.90. The number of halogens is 1. The number of amides is 1. The summed E-state index contributed by atoms with van der Waals surface area (Å²) in [6.07, 6.45) is 4.35. The highest BCUT2D eigenvalue weighted by atomic mass is 35.5. The van der Waals surface area contributed by atoms with Crippen molar-refractivity contribution in [2.75, 3.05) is 13.9 Å². The van der Waals surface area contributed by atoms with Gasteiger partial charge in [0.15, 0.2) is 5.72 Å². The van der Waals surface area contributed by atoms with E-state index < -0.39 is 11.8 Å². The van der Waals surface area contributed by atoms with Gasteiger partial charge < -0.3 is 14.6 Å². The second kappa shape index (κ2) is 8.70. The average Bonchev–Trinajstić information content (AvgIpc) is 2.59. The van der Waals surface area contributed by atoms with E-state index in [1.165, 1.54) is 12.0 Å². The molecule has 1 N–H and O–H groups in total. The lowest BCUT2D eigenvalue weighted by Crippen LogP contribution is -2.56. The number of rotatable bonds is 7. The Hall–Kier alpha value is -1.30. The molecule has 24 heavy (non-hydrogen) atoms. The van der Waals surface area contributed by atoms with E-state index in [2.05, 4.69) is 0 Å². The van der Waals surface area contributed by atoms with Gasteiger partial charge in [0, 0.05) is 23.7 Å². The molecule has 1 atom stereocenters. The molecule has 6 heteroatoms. The van der Waals surface area contributed by atoms with E-state index in [0.717, 1.165) is 32.1 Å². The Balaban J connectivity index is 2.52. The molecule has 5 nitrogen and oxygen atoms in total. The predicted molar refractivity (Wildman–Crippen MR) is 93.1 cm³/mol. The first-order valence-electron chi connectivity index (χ1n) is 8.47. The molecule has 0 radical (unpaired) electrons. The van der Waals surface area contributed by atoms with Gasteiger partial charge in [-0.05, 0) is 25.3 Å². The van der Waals surface area contributed by atoms with Crippen molar-refractivity contribution in [1.29, 1.82) is 0 Å². The molecule has 0 unspecified atom stereocenters. The Morgan fingerprint density at radius 2 is 2.00 bits per heavy atom. The highest BCUT2D eigenvalue weighted by Crippen LogP contribution is 2.41. The maximum Gasteiger partial charge on any atom is 0.410 e. The van der Waals surface area contributed by atoms with Gasteiger partial charge >= 0.3 is 6.09 Å². The molecule has 0 saturated heterocycles. The van der Waals surface area contributed by atoms with Crippen molar-refractivity contribution in [2.45, 2.75) is 57.2 Å². The summed E-state index contributed by atoms with van der Waals surface area (Å²) in [6, 6.07) is 7.19. The predicted octanol–water partition coefficient (Wildman–Crippen LogP) is 4.84. The Morgan fingerprint density at radius 3 is 2.54 bits per heavy atom. The molecule has 1 fully saturated rings. The van der Waals surface area contributed by atoms with Crippen LogP contribution in [-0.2, 0) is 15.2 Å². The fourth-order valence-electron chi connectivity index (χ4n) is 3.62. The highest BCUT2D eigenvalue weighted by Gasteiger charge is 2.46. The minimum absolute atomic E-state index is 0.00440. The van der Waals surface area contributed by atoms with Gasteiger partial charge in [0.2, 0.25) is 0 Å². The first kappa shape index (κ1) is 19.0. The van der Waals surface area contributed by atoms with Gasteiger partial charge in [-0.15, -0.1) is 0 Å². The van der Waals surface area contributed by atoms with Crippen LogP contribution in [0.15, 0.2) is 24.3 Å². The first-order chi connectivity index (χ1) is 11.6. The minimum Gasteiger partial charge on any atom is -0.465 e. The quantitative estimate of drug-likeness (QED) is 0.711. The van der Waals surface area contributed by atoms with Crippen LogP contribution in [0.1, 0.15) is 51.0 Å². The molecule has 1 aliphatic carbocycles. The molecular formula is C18H26ClNO4. The van der Waals surface area contributed by atoms with Crippen LogP contribution in [0.5, 0.6) is 0 Å². The Kier molecular flexibility index (Phi) is 6.90. The lowest BCUT2D eigenvalue weighted by Gasteiger charge is -2.46. The molecule has 1 saturated carbocycles. The van der Waals surface area contributed by atoms with Gasteiger partial charge in [-0.1, -0.05) is 56.0 Å². The third-order valence-corrected chi connectivity index (χ3v) is 5.05. The van der Waals surface area contributed by atoms with Gasteiger partial charge in [0.25, 0.3) is 0 Å². The summed E-state index contributed by atoms with van der Waals surface area (Å²) in [7, 11) is 1.53. The standard InChI is InChI=1S/C18H26ClNO4/c1-3-18(24-13-23-2,15-11-7-8-12-16(15)19)20(17(21)22)14-9-5-4-6-10-14/h7-8,11-12,14H,3-6,9-10,13H2,1-2H3,(H,21,22)/t18-/m0/s1. The molecule has 0 bridgehead atoms. The summed E-state index contributed by atoms with van der Waals surface area (Å²) in [6.45, 7) is 1.91. The van der Waals surface area contributed by atoms with Gasteiger partial charge in [-0.25, -0.2) is 4.79 Å². The summed E-state index contributed by atoms with van der Waals surface area (Å²) in [5.74, 6) is 0. The van der Waals surface area contributed by atoms with E-state index >= 15 is 0 Å². The van der Waals surface area contributed by atoms with Crippen LogP contribution < -0.4 is 0 Å². The van der Waals surface area contributed by atoms with Crippen LogP contribution in [0.3, 0.4) is 0 Å². The van der Waals surface area contributed by atoms with Crippen molar-refractivity contribution < 1.29 is 19.4 Å². The fraction of sp³-hybridized carbons (Fsp3) is 0.611. The molecule has 1 aromatic rings. The maximum absolute atomic E-state index is 12.2. The van der Waals surface area contributed by atoms with E-state index in [4.69, 9.17) is 21.1 Å². The highest BCUT2D eigenvalue weighted by molar-refractivity contribution is 6.31. The lowest BCUT2D eigenvalue weighted by atomic mass is 9.89.